The number of ether oxygens (including phenoxy) is 1. The highest BCUT2D eigenvalue weighted by molar-refractivity contribution is 7.91. The Morgan fingerprint density at radius 2 is 1.44 bits per heavy atom. The average molecular weight is 386 g/mol. The molecule has 27 heavy (non-hydrogen) atoms. The number of carbonyl (C=O) groups excluding carboxylic acids is 1. The first-order valence-electron chi connectivity index (χ1n) is 8.85. The minimum absolute atomic E-state index is 0.0109. The molecule has 2 saturated heterocycles. The average Bonchev–Trinajstić information content (AvgIpc) is 3.06. The fourth-order valence-electron chi connectivity index (χ4n) is 3.93. The fourth-order valence-corrected chi connectivity index (χ4v) is 5.84. The summed E-state index contributed by atoms with van der Waals surface area (Å²) in [6.07, 6.45) is 0. The lowest BCUT2D eigenvalue weighted by atomic mass is 10.1. The van der Waals surface area contributed by atoms with E-state index in [2.05, 4.69) is 0 Å². The molecule has 2 fully saturated rings. The minimum atomic E-state index is -3.20. The van der Waals surface area contributed by atoms with Crippen LogP contribution in [-0.2, 0) is 9.84 Å². The topological polar surface area (TPSA) is 66.9 Å². The molecule has 0 unspecified atom stereocenters. The van der Waals surface area contributed by atoms with E-state index in [1.165, 1.54) is 0 Å². The molecule has 0 spiro atoms. The van der Waals surface area contributed by atoms with Crippen molar-refractivity contribution in [3.63, 3.8) is 0 Å². The first kappa shape index (κ1) is 17.9. The number of methoxy groups -OCH3 is 1. The Morgan fingerprint density at radius 3 is 2.00 bits per heavy atom. The van der Waals surface area contributed by atoms with Crippen LogP contribution >= 0.6 is 0 Å². The monoisotopic (exact) mass is 386 g/mol. The maximum atomic E-state index is 13.3. The number of benzene rings is 2. The van der Waals surface area contributed by atoms with Crippen molar-refractivity contribution in [3.8, 4) is 5.75 Å². The van der Waals surface area contributed by atoms with Crippen LogP contribution < -0.4 is 14.5 Å². The summed E-state index contributed by atoms with van der Waals surface area (Å²) in [5, 5.41) is 0. The van der Waals surface area contributed by atoms with Gasteiger partial charge in [-0.2, -0.15) is 0 Å². The van der Waals surface area contributed by atoms with E-state index < -0.39 is 15.9 Å². The van der Waals surface area contributed by atoms with Gasteiger partial charge in [0.05, 0.1) is 30.7 Å². The molecule has 4 rings (SSSR count). The van der Waals surface area contributed by atoms with Gasteiger partial charge in [-0.25, -0.2) is 13.2 Å². The third kappa shape index (κ3) is 2.96. The van der Waals surface area contributed by atoms with E-state index in [1.807, 2.05) is 32.0 Å². The molecule has 0 aliphatic carbocycles. The summed E-state index contributed by atoms with van der Waals surface area (Å²) in [4.78, 5) is 16.6. The summed E-state index contributed by atoms with van der Waals surface area (Å²) in [5.41, 5.74) is 3.62. The molecular formula is C20H22N2O4S. The number of carbonyl (C=O) groups is 1. The number of nitrogens with zero attached hydrogens (tertiary/aromatic N) is 2. The zero-order valence-corrected chi connectivity index (χ0v) is 16.4. The lowest BCUT2D eigenvalue weighted by Gasteiger charge is -2.23. The number of anilines is 2. The summed E-state index contributed by atoms with van der Waals surface area (Å²) < 4.78 is 29.9. The Hall–Kier alpha value is -2.54. The van der Waals surface area contributed by atoms with Crippen LogP contribution in [0.1, 0.15) is 11.1 Å². The smallest absolute Gasteiger partial charge is 0.329 e. The molecule has 2 amide bonds. The van der Waals surface area contributed by atoms with Gasteiger partial charge >= 0.3 is 6.03 Å². The van der Waals surface area contributed by atoms with Crippen LogP contribution in [-0.4, -0.2) is 45.1 Å². The molecule has 0 bridgehead atoms. The van der Waals surface area contributed by atoms with Crippen molar-refractivity contribution in [2.24, 2.45) is 0 Å². The number of urea groups is 1. The molecule has 0 radical (unpaired) electrons. The molecule has 2 aromatic rings. The molecule has 0 aromatic heterocycles. The summed E-state index contributed by atoms with van der Waals surface area (Å²) >= 11 is 0. The van der Waals surface area contributed by atoms with Crippen LogP contribution in [0.3, 0.4) is 0 Å². The van der Waals surface area contributed by atoms with Crippen molar-refractivity contribution in [1.29, 1.82) is 0 Å². The van der Waals surface area contributed by atoms with Gasteiger partial charge in [-0.1, -0.05) is 6.07 Å². The van der Waals surface area contributed by atoms with E-state index in [1.54, 1.807) is 41.2 Å². The Morgan fingerprint density at radius 1 is 0.889 bits per heavy atom. The van der Waals surface area contributed by atoms with Crippen molar-refractivity contribution >= 4 is 27.2 Å². The van der Waals surface area contributed by atoms with Gasteiger partial charge in [0.2, 0.25) is 0 Å². The Kier molecular flexibility index (Phi) is 4.14. The van der Waals surface area contributed by atoms with Crippen LogP contribution in [0.4, 0.5) is 16.2 Å². The van der Waals surface area contributed by atoms with Gasteiger partial charge in [-0.15, -0.1) is 0 Å². The standard InChI is InChI=1S/C20H22N2O4S/c1-13-4-5-16(10-14(13)2)22-19-12-27(24,25)11-18(19)21(20(22)23)15-6-8-17(26-3)9-7-15/h4-10,18-19H,11-12H2,1-3H3/t18-,19-/m1/s1. The number of aryl methyl sites for hydroxylation is 2. The summed E-state index contributed by atoms with van der Waals surface area (Å²) in [6.45, 7) is 4.00. The second-order valence-corrected chi connectivity index (χ2v) is 9.35. The van der Waals surface area contributed by atoms with Gasteiger partial charge < -0.3 is 4.74 Å². The van der Waals surface area contributed by atoms with Crippen molar-refractivity contribution < 1.29 is 17.9 Å². The third-order valence-electron chi connectivity index (χ3n) is 5.49. The molecule has 2 heterocycles. The van der Waals surface area contributed by atoms with E-state index in [0.717, 1.165) is 16.8 Å². The molecule has 2 aliphatic rings. The molecule has 0 saturated carbocycles. The molecule has 0 N–H and O–H groups in total. The van der Waals surface area contributed by atoms with Crippen molar-refractivity contribution in [2.45, 2.75) is 25.9 Å². The van der Waals surface area contributed by atoms with Crippen LogP contribution in [0.15, 0.2) is 42.5 Å². The van der Waals surface area contributed by atoms with Crippen LogP contribution in [0.25, 0.3) is 0 Å². The fraction of sp³-hybridized carbons (Fsp3) is 0.350. The Labute approximate surface area is 159 Å². The first-order valence-corrected chi connectivity index (χ1v) is 10.7. The largest absolute Gasteiger partial charge is 0.497 e. The third-order valence-corrected chi connectivity index (χ3v) is 7.19. The van der Waals surface area contributed by atoms with Crippen LogP contribution in [0.5, 0.6) is 5.75 Å². The zero-order chi connectivity index (χ0) is 19.3. The highest BCUT2D eigenvalue weighted by Crippen LogP contribution is 2.38. The molecule has 142 valence electrons. The van der Waals surface area contributed by atoms with E-state index in [4.69, 9.17) is 4.74 Å². The first-order chi connectivity index (χ1) is 12.8. The van der Waals surface area contributed by atoms with E-state index in [-0.39, 0.29) is 23.6 Å². The number of rotatable bonds is 3. The molecule has 2 aromatic carbocycles. The number of fused-ring (bicyclic) bond motifs is 1. The second-order valence-electron chi connectivity index (χ2n) is 7.20. The molecule has 7 heteroatoms. The Bertz CT molecular complexity index is 1000. The number of sulfone groups is 1. The van der Waals surface area contributed by atoms with E-state index in [0.29, 0.717) is 11.4 Å². The van der Waals surface area contributed by atoms with Gasteiger partial charge in [0, 0.05) is 11.4 Å². The van der Waals surface area contributed by atoms with Gasteiger partial charge in [0.15, 0.2) is 9.84 Å². The van der Waals surface area contributed by atoms with Crippen LogP contribution in [0.2, 0.25) is 0 Å². The predicted octanol–water partition coefficient (Wildman–Crippen LogP) is 2.92. The Balaban J connectivity index is 1.78. The van der Waals surface area contributed by atoms with Gasteiger partial charge in [0.25, 0.3) is 0 Å². The highest BCUT2D eigenvalue weighted by Gasteiger charge is 2.54. The molecule has 2 aliphatic heterocycles. The highest BCUT2D eigenvalue weighted by atomic mass is 32.2. The second kappa shape index (κ2) is 6.27. The predicted molar refractivity (Wildman–Crippen MR) is 105 cm³/mol. The van der Waals surface area contributed by atoms with Crippen molar-refractivity contribution in [1.82, 2.24) is 0 Å². The SMILES string of the molecule is COc1ccc(N2C(=O)N(c3ccc(C)c(C)c3)[C@@H]3CS(=O)(=O)C[C@H]32)cc1. The lowest BCUT2D eigenvalue weighted by molar-refractivity contribution is 0.255. The van der Waals surface area contributed by atoms with Crippen LogP contribution in [0, 0.1) is 13.8 Å². The molecule has 6 nitrogen and oxygen atoms in total. The lowest BCUT2D eigenvalue weighted by Crippen LogP contribution is -2.37. The number of hydrogen-bond acceptors (Lipinski definition) is 4. The van der Waals surface area contributed by atoms with Gasteiger partial charge in [0.1, 0.15) is 5.75 Å². The summed E-state index contributed by atoms with van der Waals surface area (Å²) in [7, 11) is -1.62. The molecular weight excluding hydrogens is 364 g/mol. The number of amides is 2. The maximum Gasteiger partial charge on any atom is 0.329 e. The van der Waals surface area contributed by atoms with E-state index >= 15 is 0 Å². The van der Waals surface area contributed by atoms with Gasteiger partial charge in [-0.05, 0) is 61.4 Å². The quantitative estimate of drug-likeness (QED) is 0.761. The van der Waals surface area contributed by atoms with Gasteiger partial charge in [-0.3, -0.25) is 9.80 Å². The number of hydrogen-bond donors (Lipinski definition) is 0. The molecule has 2 atom stereocenters. The minimum Gasteiger partial charge on any atom is -0.497 e. The van der Waals surface area contributed by atoms with E-state index in [9.17, 15) is 13.2 Å². The maximum absolute atomic E-state index is 13.3. The normalized spacial score (nSPS) is 23.6. The van der Waals surface area contributed by atoms with Crippen molar-refractivity contribution in [2.75, 3.05) is 28.4 Å². The van der Waals surface area contributed by atoms with Crippen molar-refractivity contribution in [3.05, 3.63) is 53.6 Å². The zero-order valence-electron chi connectivity index (χ0n) is 15.5. The summed E-state index contributed by atoms with van der Waals surface area (Å²) in [5.74, 6) is 0.659. The summed E-state index contributed by atoms with van der Waals surface area (Å²) in [6, 6.07) is 12.0.